The zero-order valence-electron chi connectivity index (χ0n) is 10.7. The molecule has 0 saturated heterocycles. The molecule has 0 aliphatic rings. The molecule has 1 aromatic heterocycles. The Morgan fingerprint density at radius 2 is 1.73 bits per heavy atom. The van der Waals surface area contributed by atoms with Gasteiger partial charge >= 0.3 is 99.3 Å². The van der Waals surface area contributed by atoms with Crippen molar-refractivity contribution < 1.29 is 0 Å². The molecular formula is C11H22N2SiSn. The van der Waals surface area contributed by atoms with Crippen LogP contribution in [0, 0.1) is 0 Å². The van der Waals surface area contributed by atoms with Crippen molar-refractivity contribution in [3.8, 4) is 0 Å². The zero-order chi connectivity index (χ0) is 11.7. The minimum atomic E-state index is -2.08. The average Bonchev–Trinajstić information content (AvgIpc) is 2.00. The van der Waals surface area contributed by atoms with Crippen LogP contribution in [0.3, 0.4) is 0 Å². The molecule has 0 aromatic carbocycles. The number of pyridine rings is 1. The second-order valence-electron chi connectivity index (χ2n) is 5.86. The van der Waals surface area contributed by atoms with Gasteiger partial charge in [-0.15, -0.1) is 0 Å². The second-order valence-corrected chi connectivity index (χ2v) is 25.6. The van der Waals surface area contributed by atoms with Crippen LogP contribution in [0.4, 0.5) is 5.82 Å². The third kappa shape index (κ3) is 3.48. The van der Waals surface area contributed by atoms with Crippen LogP contribution in [0.1, 0.15) is 0 Å². The number of hydrogen-bond acceptors (Lipinski definition) is 2. The Balaban J connectivity index is 3.15. The monoisotopic (exact) mass is 330 g/mol. The molecule has 1 heterocycles. The van der Waals surface area contributed by atoms with Gasteiger partial charge in [0, 0.05) is 0 Å². The summed E-state index contributed by atoms with van der Waals surface area (Å²) < 4.78 is 2.70. The van der Waals surface area contributed by atoms with Gasteiger partial charge in [-0.05, 0) is 0 Å². The molecule has 0 N–H and O–H groups in total. The molecule has 0 fully saturated rings. The summed E-state index contributed by atoms with van der Waals surface area (Å²) in [5, 5.41) is 0. The van der Waals surface area contributed by atoms with Gasteiger partial charge in [0.25, 0.3) is 0 Å². The van der Waals surface area contributed by atoms with E-state index in [9.17, 15) is 0 Å². The summed E-state index contributed by atoms with van der Waals surface area (Å²) in [5.41, 5.74) is 0. The predicted molar refractivity (Wildman–Crippen MR) is 73.4 cm³/mol. The van der Waals surface area contributed by atoms with E-state index in [0.717, 1.165) is 0 Å². The molecule has 0 amide bonds. The van der Waals surface area contributed by atoms with Gasteiger partial charge in [-0.1, -0.05) is 0 Å². The van der Waals surface area contributed by atoms with Crippen LogP contribution in [-0.4, -0.2) is 31.9 Å². The van der Waals surface area contributed by atoms with Crippen LogP contribution in [0.5, 0.6) is 0 Å². The Labute approximate surface area is 99.0 Å². The molecule has 0 aliphatic heterocycles. The van der Waals surface area contributed by atoms with Crippen molar-refractivity contribution in [1.82, 2.24) is 4.98 Å². The quantitative estimate of drug-likeness (QED) is 0.789. The van der Waals surface area contributed by atoms with Gasteiger partial charge in [-0.3, -0.25) is 0 Å². The molecule has 0 unspecified atom stereocenters. The maximum atomic E-state index is 4.53. The van der Waals surface area contributed by atoms with Crippen molar-refractivity contribution in [2.75, 3.05) is 2.79 Å². The Bertz CT molecular complexity index is 300. The third-order valence-electron chi connectivity index (χ3n) is 2.22. The molecule has 0 spiro atoms. The number of anilines is 1. The van der Waals surface area contributed by atoms with Gasteiger partial charge < -0.3 is 0 Å². The van der Waals surface area contributed by atoms with E-state index < -0.39 is 26.9 Å². The van der Waals surface area contributed by atoms with Crippen LogP contribution < -0.4 is 2.79 Å². The maximum absolute atomic E-state index is 4.53. The van der Waals surface area contributed by atoms with E-state index in [2.05, 4.69) is 54.4 Å². The van der Waals surface area contributed by atoms with Gasteiger partial charge in [-0.2, -0.15) is 0 Å². The molecule has 0 aliphatic carbocycles. The van der Waals surface area contributed by atoms with E-state index in [-0.39, 0.29) is 0 Å². The second kappa shape index (κ2) is 4.45. The first-order chi connectivity index (χ1) is 6.73. The summed E-state index contributed by atoms with van der Waals surface area (Å²) in [6, 6.07) is 6.23. The molecule has 84 valence electrons. The summed E-state index contributed by atoms with van der Waals surface area (Å²) >= 11 is -2.08. The van der Waals surface area contributed by atoms with E-state index in [4.69, 9.17) is 0 Å². The van der Waals surface area contributed by atoms with E-state index in [1.54, 1.807) is 0 Å². The Hall–Kier alpha value is -0.0344. The summed E-state index contributed by atoms with van der Waals surface area (Å²) in [4.78, 5) is 11.9. The molecule has 0 radical (unpaired) electrons. The Morgan fingerprint density at radius 3 is 2.07 bits per heavy atom. The fraction of sp³-hybridized carbons (Fsp3) is 0.545. The van der Waals surface area contributed by atoms with Gasteiger partial charge in [0.1, 0.15) is 0 Å². The van der Waals surface area contributed by atoms with Crippen molar-refractivity contribution >= 4 is 32.7 Å². The van der Waals surface area contributed by atoms with Crippen LogP contribution in [0.25, 0.3) is 0 Å². The predicted octanol–water partition coefficient (Wildman–Crippen LogP) is 3.56. The SMILES string of the molecule is C[Si](C)(C)[N](c1ccccn1)[Sn]([CH3])([CH3])[CH3]. The fourth-order valence-corrected chi connectivity index (χ4v) is 24.6. The molecule has 0 bridgehead atoms. The summed E-state index contributed by atoms with van der Waals surface area (Å²) in [6.45, 7) is 7.22. The topological polar surface area (TPSA) is 16.1 Å². The van der Waals surface area contributed by atoms with Crippen molar-refractivity contribution in [3.05, 3.63) is 24.4 Å². The number of hydrogen-bond donors (Lipinski definition) is 0. The van der Waals surface area contributed by atoms with Crippen LogP contribution in [-0.2, 0) is 0 Å². The van der Waals surface area contributed by atoms with E-state index in [1.165, 1.54) is 5.82 Å². The van der Waals surface area contributed by atoms with Gasteiger partial charge in [0.15, 0.2) is 0 Å². The van der Waals surface area contributed by atoms with Crippen molar-refractivity contribution in [1.29, 1.82) is 0 Å². The first-order valence-corrected chi connectivity index (χ1v) is 18.7. The fourth-order valence-electron chi connectivity index (χ4n) is 2.18. The molecule has 0 saturated carbocycles. The average molecular weight is 329 g/mol. The van der Waals surface area contributed by atoms with Crippen molar-refractivity contribution in [2.45, 2.75) is 34.5 Å². The van der Waals surface area contributed by atoms with Crippen molar-refractivity contribution in [2.24, 2.45) is 0 Å². The van der Waals surface area contributed by atoms with E-state index >= 15 is 0 Å². The Kier molecular flexibility index (Phi) is 3.87. The molecule has 1 aromatic rings. The van der Waals surface area contributed by atoms with Gasteiger partial charge in [0.05, 0.1) is 0 Å². The minimum absolute atomic E-state index is 1.19. The zero-order valence-corrected chi connectivity index (χ0v) is 14.6. The van der Waals surface area contributed by atoms with Crippen molar-refractivity contribution in [3.63, 3.8) is 0 Å². The summed E-state index contributed by atoms with van der Waals surface area (Å²) in [6.07, 6.45) is 1.90. The van der Waals surface area contributed by atoms with Gasteiger partial charge in [-0.25, -0.2) is 0 Å². The number of rotatable bonds is 3. The van der Waals surface area contributed by atoms with Crippen LogP contribution in [0.2, 0.25) is 34.5 Å². The summed E-state index contributed by atoms with van der Waals surface area (Å²) in [7, 11) is -1.30. The Morgan fingerprint density at radius 1 is 1.13 bits per heavy atom. The molecule has 15 heavy (non-hydrogen) atoms. The standard InChI is InChI=1S/C8H13N2Si.3CH3.Sn/c1-11(2,3)10-8-6-4-5-7-9-8;;;;/h4-7H,1-3H3;3*1H3;/q-1;;;;+1. The summed E-state index contributed by atoms with van der Waals surface area (Å²) in [5.74, 6) is 1.19. The number of aromatic nitrogens is 1. The first kappa shape index (κ1) is 13.0. The molecule has 2 nitrogen and oxygen atoms in total. The van der Waals surface area contributed by atoms with Gasteiger partial charge in [0.2, 0.25) is 0 Å². The molecule has 1 rings (SSSR count). The first-order valence-electron chi connectivity index (χ1n) is 5.44. The normalized spacial score (nSPS) is 12.7. The van der Waals surface area contributed by atoms with Crippen LogP contribution in [0.15, 0.2) is 24.4 Å². The third-order valence-corrected chi connectivity index (χ3v) is 18.5. The number of nitrogens with zero attached hydrogens (tertiary/aromatic N) is 2. The molecule has 4 heteroatoms. The van der Waals surface area contributed by atoms with E-state index in [0.29, 0.717) is 0 Å². The van der Waals surface area contributed by atoms with E-state index in [1.807, 2.05) is 12.3 Å². The molecular weight excluding hydrogens is 307 g/mol. The molecule has 0 atom stereocenters. The van der Waals surface area contributed by atoms with Crippen LogP contribution >= 0.6 is 0 Å².